The molecule has 1 aliphatic carbocycles. The van der Waals surface area contributed by atoms with E-state index in [9.17, 15) is 4.79 Å². The lowest BCUT2D eigenvalue weighted by Gasteiger charge is -2.30. The van der Waals surface area contributed by atoms with E-state index in [1.54, 1.807) is 0 Å². The molecule has 0 aromatic rings. The molecule has 3 nitrogen and oxygen atoms in total. The number of carbonyl (C=O) groups is 1. The summed E-state index contributed by atoms with van der Waals surface area (Å²) in [5.74, 6) is 1.61. The second-order valence-corrected chi connectivity index (χ2v) is 7.33. The van der Waals surface area contributed by atoms with Gasteiger partial charge in [-0.05, 0) is 50.0 Å². The van der Waals surface area contributed by atoms with Crippen LogP contribution in [0.15, 0.2) is 0 Å². The molecule has 0 aromatic carbocycles. The van der Waals surface area contributed by atoms with Gasteiger partial charge in [-0.1, -0.05) is 33.6 Å². The third-order valence-electron chi connectivity index (χ3n) is 4.25. The quantitative estimate of drug-likeness (QED) is 0.711. The fraction of sp³-hybridized carbons (Fsp3) is 0.938. The smallest absolute Gasteiger partial charge is 0.220 e. The molecule has 1 fully saturated rings. The fourth-order valence-corrected chi connectivity index (χ4v) is 2.78. The monoisotopic (exact) mass is 268 g/mol. The Balaban J connectivity index is 2.26. The number of carbonyl (C=O) groups excluding carboxylic acids is 1. The van der Waals surface area contributed by atoms with Crippen LogP contribution in [0.1, 0.15) is 66.2 Å². The van der Waals surface area contributed by atoms with Gasteiger partial charge in [-0.25, -0.2) is 0 Å². The predicted octanol–water partition coefficient (Wildman–Crippen LogP) is 3.08. The Morgan fingerprint density at radius 3 is 2.42 bits per heavy atom. The van der Waals surface area contributed by atoms with Crippen LogP contribution < -0.4 is 11.1 Å². The zero-order chi connectivity index (χ0) is 14.5. The largest absolute Gasteiger partial charge is 0.354 e. The van der Waals surface area contributed by atoms with Gasteiger partial charge in [0.15, 0.2) is 0 Å². The summed E-state index contributed by atoms with van der Waals surface area (Å²) in [6.07, 6.45) is 6.44. The number of hydrogen-bond donors (Lipinski definition) is 2. The van der Waals surface area contributed by atoms with Crippen molar-refractivity contribution in [2.24, 2.45) is 23.0 Å². The van der Waals surface area contributed by atoms with Gasteiger partial charge in [0.2, 0.25) is 5.91 Å². The first kappa shape index (κ1) is 16.5. The Kier molecular flexibility index (Phi) is 6.31. The summed E-state index contributed by atoms with van der Waals surface area (Å²) in [4.78, 5) is 11.9. The molecular formula is C16H32N2O. The van der Waals surface area contributed by atoms with Crippen LogP contribution in [0, 0.1) is 17.3 Å². The standard InChI is InChI=1S/C16H32N2O/c1-12(11-13-5-6-13)18-15(19)8-7-14(9-10-17)16(2,3)4/h12-14H,5-11,17H2,1-4H3,(H,18,19). The van der Waals surface area contributed by atoms with Crippen molar-refractivity contribution in [3.63, 3.8) is 0 Å². The summed E-state index contributed by atoms with van der Waals surface area (Å²) in [7, 11) is 0. The lowest BCUT2D eigenvalue weighted by atomic mass is 9.76. The summed E-state index contributed by atoms with van der Waals surface area (Å²) in [5, 5.41) is 3.13. The minimum Gasteiger partial charge on any atom is -0.354 e. The molecule has 3 heteroatoms. The summed E-state index contributed by atoms with van der Waals surface area (Å²) in [5.41, 5.74) is 5.91. The van der Waals surface area contributed by atoms with E-state index in [1.807, 2.05) is 0 Å². The molecule has 1 amide bonds. The van der Waals surface area contributed by atoms with Gasteiger partial charge in [-0.15, -0.1) is 0 Å². The van der Waals surface area contributed by atoms with E-state index in [4.69, 9.17) is 5.73 Å². The maximum Gasteiger partial charge on any atom is 0.220 e. The van der Waals surface area contributed by atoms with Crippen molar-refractivity contribution >= 4 is 5.91 Å². The van der Waals surface area contributed by atoms with Crippen LogP contribution in [0.25, 0.3) is 0 Å². The number of nitrogens with one attached hydrogen (secondary N) is 1. The molecule has 3 N–H and O–H groups in total. The Morgan fingerprint density at radius 1 is 1.32 bits per heavy atom. The molecule has 0 aromatic heterocycles. The topological polar surface area (TPSA) is 55.1 Å². The molecule has 0 saturated heterocycles. The van der Waals surface area contributed by atoms with Crippen molar-refractivity contribution in [1.82, 2.24) is 5.32 Å². The highest BCUT2D eigenvalue weighted by atomic mass is 16.1. The normalized spacial score (nSPS) is 19.0. The van der Waals surface area contributed by atoms with Gasteiger partial charge in [0.05, 0.1) is 0 Å². The van der Waals surface area contributed by atoms with Crippen molar-refractivity contribution in [2.45, 2.75) is 72.3 Å². The minimum atomic E-state index is 0.208. The molecule has 0 radical (unpaired) electrons. The molecule has 112 valence electrons. The van der Waals surface area contributed by atoms with Crippen LogP contribution in [-0.4, -0.2) is 18.5 Å². The molecule has 2 atom stereocenters. The molecule has 0 bridgehead atoms. The van der Waals surface area contributed by atoms with Gasteiger partial charge >= 0.3 is 0 Å². The number of hydrogen-bond acceptors (Lipinski definition) is 2. The van der Waals surface area contributed by atoms with Gasteiger partial charge in [-0.3, -0.25) is 4.79 Å². The zero-order valence-electron chi connectivity index (χ0n) is 13.2. The molecule has 0 aliphatic heterocycles. The molecule has 1 rings (SSSR count). The predicted molar refractivity (Wildman–Crippen MR) is 80.8 cm³/mol. The van der Waals surface area contributed by atoms with E-state index in [0.29, 0.717) is 24.9 Å². The van der Waals surface area contributed by atoms with Gasteiger partial charge in [0.1, 0.15) is 0 Å². The zero-order valence-corrected chi connectivity index (χ0v) is 13.2. The van der Waals surface area contributed by atoms with Crippen molar-refractivity contribution in [2.75, 3.05) is 6.54 Å². The minimum absolute atomic E-state index is 0.208. The van der Waals surface area contributed by atoms with Crippen molar-refractivity contribution in [3.8, 4) is 0 Å². The van der Waals surface area contributed by atoms with Crippen LogP contribution in [0.3, 0.4) is 0 Å². The van der Waals surface area contributed by atoms with Crippen LogP contribution in [0.2, 0.25) is 0 Å². The van der Waals surface area contributed by atoms with E-state index in [-0.39, 0.29) is 11.3 Å². The summed E-state index contributed by atoms with van der Waals surface area (Å²) >= 11 is 0. The third kappa shape index (κ3) is 6.95. The first-order chi connectivity index (χ1) is 8.82. The van der Waals surface area contributed by atoms with E-state index in [1.165, 1.54) is 12.8 Å². The Hall–Kier alpha value is -0.570. The Morgan fingerprint density at radius 2 is 1.95 bits per heavy atom. The Labute approximate surface area is 118 Å². The highest BCUT2D eigenvalue weighted by Crippen LogP contribution is 2.34. The summed E-state index contributed by atoms with van der Waals surface area (Å²) < 4.78 is 0. The van der Waals surface area contributed by atoms with Gasteiger partial charge < -0.3 is 11.1 Å². The van der Waals surface area contributed by atoms with Crippen molar-refractivity contribution in [1.29, 1.82) is 0 Å². The van der Waals surface area contributed by atoms with Crippen LogP contribution in [0.4, 0.5) is 0 Å². The maximum atomic E-state index is 11.9. The second-order valence-electron chi connectivity index (χ2n) is 7.33. The maximum absolute atomic E-state index is 11.9. The molecular weight excluding hydrogens is 236 g/mol. The van der Waals surface area contributed by atoms with E-state index < -0.39 is 0 Å². The van der Waals surface area contributed by atoms with Crippen LogP contribution >= 0.6 is 0 Å². The summed E-state index contributed by atoms with van der Waals surface area (Å²) in [6.45, 7) is 9.54. The molecule has 0 spiro atoms. The molecule has 1 saturated carbocycles. The lowest BCUT2D eigenvalue weighted by molar-refractivity contribution is -0.122. The average Bonchev–Trinajstić information content (AvgIpc) is 3.06. The third-order valence-corrected chi connectivity index (χ3v) is 4.25. The molecule has 0 heterocycles. The molecule has 2 unspecified atom stereocenters. The highest BCUT2D eigenvalue weighted by Gasteiger charge is 2.26. The van der Waals surface area contributed by atoms with E-state index >= 15 is 0 Å². The average molecular weight is 268 g/mol. The van der Waals surface area contributed by atoms with Crippen molar-refractivity contribution < 1.29 is 4.79 Å². The lowest BCUT2D eigenvalue weighted by Crippen LogP contribution is -2.34. The van der Waals surface area contributed by atoms with Gasteiger partial charge in [0, 0.05) is 12.5 Å². The number of rotatable bonds is 8. The first-order valence-electron chi connectivity index (χ1n) is 7.82. The van der Waals surface area contributed by atoms with Gasteiger partial charge in [0.25, 0.3) is 0 Å². The highest BCUT2D eigenvalue weighted by molar-refractivity contribution is 5.76. The second kappa shape index (κ2) is 7.28. The van der Waals surface area contributed by atoms with E-state index in [2.05, 4.69) is 33.0 Å². The molecule has 1 aliphatic rings. The first-order valence-corrected chi connectivity index (χ1v) is 7.82. The van der Waals surface area contributed by atoms with Gasteiger partial charge in [-0.2, -0.15) is 0 Å². The van der Waals surface area contributed by atoms with Crippen molar-refractivity contribution in [3.05, 3.63) is 0 Å². The number of amides is 1. The van der Waals surface area contributed by atoms with Crippen LogP contribution in [-0.2, 0) is 4.79 Å². The summed E-state index contributed by atoms with van der Waals surface area (Å²) in [6, 6.07) is 0.336. The van der Waals surface area contributed by atoms with E-state index in [0.717, 1.165) is 25.2 Å². The Bertz CT molecular complexity index is 279. The molecule has 19 heavy (non-hydrogen) atoms. The van der Waals surface area contributed by atoms with Crippen LogP contribution in [0.5, 0.6) is 0 Å². The fourth-order valence-electron chi connectivity index (χ4n) is 2.78. The number of nitrogens with two attached hydrogens (primary N) is 1. The SMILES string of the molecule is CC(CC1CC1)NC(=O)CCC(CCN)C(C)(C)C.